The Balaban J connectivity index is 2.18. The number of carbonyl (C=O) groups is 1. The summed E-state index contributed by atoms with van der Waals surface area (Å²) in [7, 11) is -4.11. The van der Waals surface area contributed by atoms with Crippen molar-refractivity contribution in [2.24, 2.45) is 17.0 Å². The lowest BCUT2D eigenvalue weighted by Crippen LogP contribution is -2.51. The third kappa shape index (κ3) is 8.02. The molecule has 1 aliphatic rings. The van der Waals surface area contributed by atoms with Crippen molar-refractivity contribution in [3.8, 4) is 0 Å². The molecule has 31 heavy (non-hydrogen) atoms. The van der Waals surface area contributed by atoms with E-state index in [0.29, 0.717) is 0 Å². The van der Waals surface area contributed by atoms with E-state index < -0.39 is 46.5 Å². The number of hydrogen-bond donors (Lipinski definition) is 2. The van der Waals surface area contributed by atoms with Gasteiger partial charge in [-0.2, -0.15) is 8.42 Å². The average molecular weight is 455 g/mol. The molecule has 0 spiro atoms. The van der Waals surface area contributed by atoms with Crippen LogP contribution in [-0.4, -0.2) is 50.5 Å². The summed E-state index contributed by atoms with van der Waals surface area (Å²) in [4.78, 5) is 15.0. The van der Waals surface area contributed by atoms with Crippen molar-refractivity contribution in [1.82, 2.24) is 5.32 Å². The average Bonchev–Trinajstić information content (AvgIpc) is 3.49. The number of aliphatic hydroxyl groups excluding tert-OH is 1. The maximum absolute atomic E-state index is 12.6. The monoisotopic (exact) mass is 454 g/mol. The number of alkyl carbamates (subject to hydrolysis) is 1. The Bertz CT molecular complexity index is 903. The number of nitrogens with zero attached hydrogens (tertiary/aromatic N) is 3. The fourth-order valence-corrected chi connectivity index (χ4v) is 4.04. The summed E-state index contributed by atoms with van der Waals surface area (Å²) in [5, 5.41) is 17.0. The molecule has 1 aromatic carbocycles. The zero-order valence-electron chi connectivity index (χ0n) is 18.2. The van der Waals surface area contributed by atoms with Gasteiger partial charge in [0.05, 0.1) is 23.6 Å². The van der Waals surface area contributed by atoms with Gasteiger partial charge >= 0.3 is 6.09 Å². The lowest BCUT2D eigenvalue weighted by molar-refractivity contribution is 0.0208. The van der Waals surface area contributed by atoms with Crippen LogP contribution in [0.2, 0.25) is 0 Å². The van der Waals surface area contributed by atoms with E-state index in [1.54, 1.807) is 32.9 Å². The van der Waals surface area contributed by atoms with Gasteiger partial charge in [-0.05, 0) is 70.0 Å². The number of aliphatic hydroxyl groups is 1. The molecule has 3 atom stereocenters. The maximum Gasteiger partial charge on any atom is 0.408 e. The minimum absolute atomic E-state index is 0.0273. The van der Waals surface area contributed by atoms with Crippen molar-refractivity contribution in [2.75, 3.05) is 13.2 Å². The molecular formula is C20H30N4O6S. The SMILES string of the molecule is Cc1ccc(S(=O)(=O)OC[C@@H](NC(=O)OC(C)(C)C)[C@H](O)[C@H](CN=[N+]=[N-])C2CC2)cc1. The Morgan fingerprint density at radius 1 is 1.32 bits per heavy atom. The van der Waals surface area contributed by atoms with Gasteiger partial charge in [0.15, 0.2) is 0 Å². The molecule has 1 aliphatic carbocycles. The number of benzene rings is 1. The Morgan fingerprint density at radius 2 is 1.94 bits per heavy atom. The van der Waals surface area contributed by atoms with E-state index in [0.717, 1.165) is 18.4 Å². The molecular weight excluding hydrogens is 424 g/mol. The summed E-state index contributed by atoms with van der Waals surface area (Å²) in [5.74, 6) is -0.321. The highest BCUT2D eigenvalue weighted by atomic mass is 32.2. The third-order valence-corrected chi connectivity index (χ3v) is 6.14. The minimum Gasteiger partial charge on any atom is -0.444 e. The second kappa shape index (κ2) is 10.3. The molecule has 0 aromatic heterocycles. The van der Waals surface area contributed by atoms with Crippen molar-refractivity contribution in [2.45, 2.75) is 63.2 Å². The summed E-state index contributed by atoms with van der Waals surface area (Å²) in [6.45, 7) is 6.41. The largest absolute Gasteiger partial charge is 0.444 e. The molecule has 172 valence electrons. The molecule has 0 bridgehead atoms. The molecule has 10 nitrogen and oxygen atoms in total. The van der Waals surface area contributed by atoms with Crippen LogP contribution in [-0.2, 0) is 19.0 Å². The number of ether oxygens (including phenoxy) is 1. The Morgan fingerprint density at radius 3 is 2.45 bits per heavy atom. The maximum atomic E-state index is 12.6. The molecule has 2 rings (SSSR count). The van der Waals surface area contributed by atoms with E-state index in [9.17, 15) is 18.3 Å². The molecule has 2 N–H and O–H groups in total. The van der Waals surface area contributed by atoms with Gasteiger partial charge < -0.3 is 15.2 Å². The second-order valence-corrected chi connectivity index (χ2v) is 10.3. The molecule has 0 radical (unpaired) electrons. The van der Waals surface area contributed by atoms with Gasteiger partial charge in [0.2, 0.25) is 0 Å². The summed E-state index contributed by atoms with van der Waals surface area (Å²) in [5.41, 5.74) is 8.76. The highest BCUT2D eigenvalue weighted by Crippen LogP contribution is 2.39. The predicted octanol–water partition coefficient (Wildman–Crippen LogP) is 3.29. The first-order valence-electron chi connectivity index (χ1n) is 10.1. The van der Waals surface area contributed by atoms with Crippen LogP contribution in [0, 0.1) is 18.8 Å². The van der Waals surface area contributed by atoms with Crippen LogP contribution in [0.3, 0.4) is 0 Å². The Labute approximate surface area is 182 Å². The van der Waals surface area contributed by atoms with E-state index in [-0.39, 0.29) is 17.4 Å². The van der Waals surface area contributed by atoms with E-state index in [1.807, 2.05) is 6.92 Å². The van der Waals surface area contributed by atoms with Gasteiger partial charge in [0, 0.05) is 11.5 Å². The number of azide groups is 1. The number of hydrogen-bond acceptors (Lipinski definition) is 7. The molecule has 1 amide bonds. The molecule has 0 unspecified atom stereocenters. The number of aryl methyl sites for hydroxylation is 1. The van der Waals surface area contributed by atoms with Crippen molar-refractivity contribution >= 4 is 16.2 Å². The van der Waals surface area contributed by atoms with E-state index in [2.05, 4.69) is 15.3 Å². The zero-order chi connectivity index (χ0) is 23.2. The normalized spacial score (nSPS) is 17.2. The number of rotatable bonds is 10. The molecule has 11 heteroatoms. The predicted molar refractivity (Wildman–Crippen MR) is 114 cm³/mol. The highest BCUT2D eigenvalue weighted by Gasteiger charge is 2.40. The Hall–Kier alpha value is -2.33. The van der Waals surface area contributed by atoms with Crippen molar-refractivity contribution in [1.29, 1.82) is 0 Å². The van der Waals surface area contributed by atoms with Gasteiger partial charge in [-0.3, -0.25) is 4.18 Å². The van der Waals surface area contributed by atoms with E-state index >= 15 is 0 Å². The molecule has 1 saturated carbocycles. The Kier molecular flexibility index (Phi) is 8.30. The standard InChI is InChI=1S/C20H30N4O6S/c1-13-5-9-15(10-6-13)31(27,28)29-12-17(23-19(26)30-20(2,3)4)18(25)16(11-22-24-21)14-7-8-14/h5-6,9-10,14,16-18,25H,7-8,11-12H2,1-4H3,(H,23,26)/t16-,17-,18-/m1/s1. The smallest absolute Gasteiger partial charge is 0.408 e. The number of amides is 1. The lowest BCUT2D eigenvalue weighted by Gasteiger charge is -2.30. The number of nitrogens with one attached hydrogen (secondary N) is 1. The molecule has 1 aromatic rings. The molecule has 0 aliphatic heterocycles. The quantitative estimate of drug-likeness (QED) is 0.240. The number of carbonyl (C=O) groups excluding carboxylic acids is 1. The van der Waals surface area contributed by atoms with Gasteiger partial charge in [0.25, 0.3) is 10.1 Å². The van der Waals surface area contributed by atoms with Crippen LogP contribution in [0.5, 0.6) is 0 Å². The van der Waals surface area contributed by atoms with Gasteiger partial charge in [0.1, 0.15) is 5.60 Å². The summed E-state index contributed by atoms with van der Waals surface area (Å²) >= 11 is 0. The third-order valence-electron chi connectivity index (χ3n) is 4.85. The summed E-state index contributed by atoms with van der Waals surface area (Å²) in [6, 6.07) is 5.04. The second-order valence-electron chi connectivity index (χ2n) is 8.71. The first kappa shape index (κ1) is 24.9. The van der Waals surface area contributed by atoms with Gasteiger partial charge in [-0.1, -0.05) is 22.8 Å². The lowest BCUT2D eigenvalue weighted by atomic mass is 9.92. The summed E-state index contributed by atoms with van der Waals surface area (Å²) in [6.07, 6.45) is -0.306. The fraction of sp³-hybridized carbons (Fsp3) is 0.650. The van der Waals surface area contributed by atoms with E-state index in [1.165, 1.54) is 12.1 Å². The minimum atomic E-state index is -4.11. The summed E-state index contributed by atoms with van der Waals surface area (Å²) < 4.78 is 35.5. The van der Waals surface area contributed by atoms with E-state index in [4.69, 9.17) is 14.5 Å². The highest BCUT2D eigenvalue weighted by molar-refractivity contribution is 7.86. The van der Waals surface area contributed by atoms with Crippen LogP contribution >= 0.6 is 0 Å². The van der Waals surface area contributed by atoms with Crippen LogP contribution in [0.4, 0.5) is 4.79 Å². The van der Waals surface area contributed by atoms with Crippen LogP contribution < -0.4 is 5.32 Å². The first-order valence-corrected chi connectivity index (χ1v) is 11.5. The van der Waals surface area contributed by atoms with Crippen LogP contribution in [0.1, 0.15) is 39.2 Å². The van der Waals surface area contributed by atoms with Crippen molar-refractivity contribution in [3.63, 3.8) is 0 Å². The van der Waals surface area contributed by atoms with Gasteiger partial charge in [-0.25, -0.2) is 4.79 Å². The van der Waals surface area contributed by atoms with Crippen molar-refractivity contribution in [3.05, 3.63) is 40.3 Å². The van der Waals surface area contributed by atoms with Crippen LogP contribution in [0.25, 0.3) is 10.4 Å². The topological polar surface area (TPSA) is 151 Å². The van der Waals surface area contributed by atoms with Crippen LogP contribution in [0.15, 0.2) is 34.3 Å². The van der Waals surface area contributed by atoms with Gasteiger partial charge in [-0.15, -0.1) is 0 Å². The zero-order valence-corrected chi connectivity index (χ0v) is 19.0. The first-order chi connectivity index (χ1) is 14.4. The molecule has 0 heterocycles. The fourth-order valence-electron chi connectivity index (χ4n) is 3.11. The molecule has 1 fully saturated rings. The molecule has 0 saturated heterocycles. The van der Waals surface area contributed by atoms with Crippen molar-refractivity contribution < 1.29 is 27.2 Å².